The first-order valence-corrected chi connectivity index (χ1v) is 13.3. The zero-order chi connectivity index (χ0) is 25.8. The number of nitrogens with zero attached hydrogens (tertiary/aromatic N) is 1. The standard InChI is InChI=1S/C30H22Br2N2O3/c31-24-16-21(27(26(32)17-24)37-29(36)20-10-4-1-5-11-20)19-33-34-28(35)25-18-30(25,22-12-6-2-7-13-22)23-14-8-3-9-15-23/h1-17,19,25H,18H2,(H,34,35)/b33-19-/t25-/m1/s1. The maximum absolute atomic E-state index is 13.2. The van der Waals surface area contributed by atoms with E-state index in [1.54, 1.807) is 36.4 Å². The first-order chi connectivity index (χ1) is 18.0. The molecule has 0 unspecified atom stereocenters. The Kier molecular flexibility index (Phi) is 7.35. The highest BCUT2D eigenvalue weighted by Crippen LogP contribution is 2.58. The molecule has 1 aliphatic carbocycles. The van der Waals surface area contributed by atoms with Crippen LogP contribution in [0.1, 0.15) is 33.5 Å². The number of carbonyl (C=O) groups is 2. The minimum atomic E-state index is -0.490. The van der Waals surface area contributed by atoms with Gasteiger partial charge in [0, 0.05) is 15.5 Å². The molecule has 4 aromatic rings. The average Bonchev–Trinajstić information content (AvgIpc) is 3.69. The molecule has 5 rings (SSSR count). The summed E-state index contributed by atoms with van der Waals surface area (Å²) in [6, 6.07) is 32.5. The van der Waals surface area contributed by atoms with E-state index in [2.05, 4.69) is 66.7 Å². The number of amides is 1. The predicted octanol–water partition coefficient (Wildman–Crippen LogP) is 6.89. The Bertz CT molecular complexity index is 1420. The van der Waals surface area contributed by atoms with Crippen molar-refractivity contribution in [1.29, 1.82) is 0 Å². The molecule has 1 N–H and O–H groups in total. The zero-order valence-corrected chi connectivity index (χ0v) is 22.8. The van der Waals surface area contributed by atoms with E-state index in [9.17, 15) is 9.59 Å². The molecular weight excluding hydrogens is 596 g/mol. The van der Waals surface area contributed by atoms with Crippen LogP contribution >= 0.6 is 31.9 Å². The van der Waals surface area contributed by atoms with Gasteiger partial charge in [-0.2, -0.15) is 5.10 Å². The molecule has 1 fully saturated rings. The van der Waals surface area contributed by atoms with Gasteiger partial charge in [0.1, 0.15) is 0 Å². The normalized spacial score (nSPS) is 15.8. The molecule has 1 atom stereocenters. The van der Waals surface area contributed by atoms with E-state index in [0.29, 0.717) is 27.8 Å². The summed E-state index contributed by atoms with van der Waals surface area (Å²) < 4.78 is 7.01. The Balaban J connectivity index is 1.35. The SMILES string of the molecule is O=C(Oc1c(Br)cc(Br)cc1/C=N\NC(=O)[C@H]1CC1(c1ccccc1)c1ccccc1)c1ccccc1. The Morgan fingerprint density at radius 1 is 0.865 bits per heavy atom. The van der Waals surface area contributed by atoms with Gasteiger partial charge in [-0.1, -0.05) is 94.8 Å². The topological polar surface area (TPSA) is 67.8 Å². The number of carbonyl (C=O) groups excluding carboxylic acids is 2. The van der Waals surface area contributed by atoms with Gasteiger partial charge in [0.25, 0.3) is 0 Å². The van der Waals surface area contributed by atoms with E-state index in [0.717, 1.165) is 15.6 Å². The third-order valence-corrected chi connectivity index (χ3v) is 7.52. The van der Waals surface area contributed by atoms with E-state index < -0.39 is 5.97 Å². The highest BCUT2D eigenvalue weighted by atomic mass is 79.9. The van der Waals surface area contributed by atoms with Crippen LogP contribution in [0, 0.1) is 5.92 Å². The third kappa shape index (κ3) is 5.29. The van der Waals surface area contributed by atoms with E-state index >= 15 is 0 Å². The Morgan fingerprint density at radius 2 is 1.43 bits per heavy atom. The van der Waals surface area contributed by atoms with Crippen LogP contribution in [-0.4, -0.2) is 18.1 Å². The van der Waals surface area contributed by atoms with Crippen LogP contribution in [0.5, 0.6) is 5.75 Å². The van der Waals surface area contributed by atoms with Gasteiger partial charge in [-0.05, 0) is 57.7 Å². The minimum Gasteiger partial charge on any atom is -0.421 e. The van der Waals surface area contributed by atoms with Crippen molar-refractivity contribution in [3.8, 4) is 5.75 Å². The fourth-order valence-corrected chi connectivity index (χ4v) is 5.95. The van der Waals surface area contributed by atoms with Crippen LogP contribution < -0.4 is 10.2 Å². The van der Waals surface area contributed by atoms with Crippen LogP contribution in [0.4, 0.5) is 0 Å². The zero-order valence-electron chi connectivity index (χ0n) is 19.6. The van der Waals surface area contributed by atoms with Gasteiger partial charge in [0.2, 0.25) is 5.91 Å². The van der Waals surface area contributed by atoms with E-state index in [1.807, 2.05) is 42.5 Å². The van der Waals surface area contributed by atoms with Crippen molar-refractivity contribution in [3.63, 3.8) is 0 Å². The molecule has 1 aliphatic rings. The summed E-state index contributed by atoms with van der Waals surface area (Å²) in [5.41, 5.74) is 5.49. The molecule has 1 amide bonds. The predicted molar refractivity (Wildman–Crippen MR) is 151 cm³/mol. The lowest BCUT2D eigenvalue weighted by atomic mass is 9.85. The summed E-state index contributed by atoms with van der Waals surface area (Å²) in [5.74, 6) is -0.597. The molecule has 1 saturated carbocycles. The Labute approximate surface area is 231 Å². The smallest absolute Gasteiger partial charge is 0.343 e. The van der Waals surface area contributed by atoms with Crippen LogP contribution in [0.25, 0.3) is 0 Å². The molecule has 0 bridgehead atoms. The van der Waals surface area contributed by atoms with Gasteiger partial charge in [-0.25, -0.2) is 10.2 Å². The Hall–Kier alpha value is -3.55. The highest BCUT2D eigenvalue weighted by molar-refractivity contribution is 9.11. The van der Waals surface area contributed by atoms with E-state index in [4.69, 9.17) is 4.74 Å². The van der Waals surface area contributed by atoms with Gasteiger partial charge in [0.15, 0.2) is 5.75 Å². The quantitative estimate of drug-likeness (QED) is 0.106. The second kappa shape index (κ2) is 10.8. The molecule has 0 saturated heterocycles. The maximum Gasteiger partial charge on any atom is 0.343 e. The van der Waals surface area contributed by atoms with E-state index in [1.165, 1.54) is 6.21 Å². The molecule has 0 spiro atoms. The minimum absolute atomic E-state index is 0.166. The molecule has 4 aromatic carbocycles. The number of esters is 1. The number of halogens is 2. The lowest BCUT2D eigenvalue weighted by Gasteiger charge is -2.18. The number of hydrogen-bond donors (Lipinski definition) is 1. The second-order valence-corrected chi connectivity index (χ2v) is 10.5. The van der Waals surface area contributed by atoms with Crippen molar-refractivity contribution in [2.45, 2.75) is 11.8 Å². The molecular formula is C30H22Br2N2O3. The number of benzene rings is 4. The summed E-state index contributed by atoms with van der Waals surface area (Å²) in [6.07, 6.45) is 2.18. The maximum atomic E-state index is 13.2. The van der Waals surface area contributed by atoms with E-state index in [-0.39, 0.29) is 17.2 Å². The number of hydrazone groups is 1. The lowest BCUT2D eigenvalue weighted by molar-refractivity contribution is -0.122. The molecule has 0 aromatic heterocycles. The van der Waals surface area contributed by atoms with Gasteiger partial charge in [-0.15, -0.1) is 0 Å². The van der Waals surface area contributed by atoms with Gasteiger partial charge in [0.05, 0.1) is 22.2 Å². The fraction of sp³-hybridized carbons (Fsp3) is 0.100. The van der Waals surface area contributed by atoms with Crippen molar-refractivity contribution in [2.75, 3.05) is 0 Å². The summed E-state index contributed by atoms with van der Waals surface area (Å²) in [5, 5.41) is 4.22. The molecule has 0 aliphatic heterocycles. The molecule has 7 heteroatoms. The van der Waals surface area contributed by atoms with Crippen molar-refractivity contribution < 1.29 is 14.3 Å². The van der Waals surface area contributed by atoms with Crippen LogP contribution in [0.3, 0.4) is 0 Å². The number of ether oxygens (including phenoxy) is 1. The third-order valence-electron chi connectivity index (χ3n) is 6.47. The fourth-order valence-electron chi connectivity index (χ4n) is 4.61. The Morgan fingerprint density at radius 3 is 2.03 bits per heavy atom. The summed E-state index contributed by atoms with van der Waals surface area (Å²) in [6.45, 7) is 0. The lowest BCUT2D eigenvalue weighted by Crippen LogP contribution is -2.25. The van der Waals surface area contributed by atoms with Gasteiger partial charge >= 0.3 is 5.97 Å². The monoisotopic (exact) mass is 616 g/mol. The van der Waals surface area contributed by atoms with Crippen LogP contribution in [0.2, 0.25) is 0 Å². The molecule has 0 radical (unpaired) electrons. The second-order valence-electron chi connectivity index (χ2n) is 8.76. The van der Waals surface area contributed by atoms with Gasteiger partial charge < -0.3 is 4.74 Å². The van der Waals surface area contributed by atoms with Crippen molar-refractivity contribution in [1.82, 2.24) is 5.43 Å². The number of rotatable bonds is 7. The summed E-state index contributed by atoms with van der Waals surface area (Å²) >= 11 is 6.92. The van der Waals surface area contributed by atoms with Crippen LogP contribution in [-0.2, 0) is 10.2 Å². The molecule has 0 heterocycles. The van der Waals surface area contributed by atoms with Gasteiger partial charge in [-0.3, -0.25) is 4.79 Å². The van der Waals surface area contributed by atoms with Crippen molar-refractivity contribution in [3.05, 3.63) is 134 Å². The number of nitrogens with one attached hydrogen (secondary N) is 1. The summed E-state index contributed by atoms with van der Waals surface area (Å²) in [7, 11) is 0. The molecule has 5 nitrogen and oxygen atoms in total. The molecule has 37 heavy (non-hydrogen) atoms. The average molecular weight is 618 g/mol. The first-order valence-electron chi connectivity index (χ1n) is 11.7. The first kappa shape index (κ1) is 25.1. The largest absolute Gasteiger partial charge is 0.421 e. The molecule has 184 valence electrons. The van der Waals surface area contributed by atoms with Crippen molar-refractivity contribution in [2.24, 2.45) is 11.0 Å². The highest BCUT2D eigenvalue weighted by Gasteiger charge is 2.60. The van der Waals surface area contributed by atoms with Crippen LogP contribution in [0.15, 0.2) is 117 Å². The van der Waals surface area contributed by atoms with Crippen molar-refractivity contribution >= 4 is 50.0 Å². The summed E-state index contributed by atoms with van der Waals surface area (Å²) in [4.78, 5) is 25.9. The number of hydrogen-bond acceptors (Lipinski definition) is 4.